The highest BCUT2D eigenvalue weighted by atomic mass is 79.9. The quantitative estimate of drug-likeness (QED) is 0.749. The molecule has 5 heteroatoms. The molecule has 0 aliphatic heterocycles. The van der Waals surface area contributed by atoms with Gasteiger partial charge in [0.2, 0.25) is 0 Å². The lowest BCUT2D eigenvalue weighted by Crippen LogP contribution is -2.03. The van der Waals surface area contributed by atoms with Gasteiger partial charge >= 0.3 is 0 Å². The molecular formula is C16H19BrN2O2. The molecule has 0 radical (unpaired) electrons. The zero-order valence-corrected chi connectivity index (χ0v) is 13.7. The standard InChI is InChI=1S/C16H19BrN2O2/c1-3-9-21-15-6-4-5-12(16(15)18)19-13-10-11(17)7-8-14(13)20-2/h4-8,10,19H,3,9,18H2,1-2H3. The summed E-state index contributed by atoms with van der Waals surface area (Å²) < 4.78 is 12.0. The van der Waals surface area contributed by atoms with Gasteiger partial charge in [0, 0.05) is 4.47 Å². The maximum atomic E-state index is 6.16. The topological polar surface area (TPSA) is 56.5 Å². The van der Waals surface area contributed by atoms with E-state index in [0.717, 1.165) is 28.0 Å². The van der Waals surface area contributed by atoms with Crippen LogP contribution in [0.4, 0.5) is 17.1 Å². The van der Waals surface area contributed by atoms with Crippen molar-refractivity contribution >= 4 is 33.0 Å². The monoisotopic (exact) mass is 350 g/mol. The van der Waals surface area contributed by atoms with Gasteiger partial charge < -0.3 is 20.5 Å². The van der Waals surface area contributed by atoms with Gasteiger partial charge in [-0.25, -0.2) is 0 Å². The number of nitrogens with two attached hydrogens (primary N) is 1. The first kappa shape index (κ1) is 15.5. The summed E-state index contributed by atoms with van der Waals surface area (Å²) in [6, 6.07) is 11.4. The zero-order valence-electron chi connectivity index (χ0n) is 12.2. The second-order valence-electron chi connectivity index (χ2n) is 4.54. The van der Waals surface area contributed by atoms with Crippen LogP contribution in [0.1, 0.15) is 13.3 Å². The van der Waals surface area contributed by atoms with E-state index < -0.39 is 0 Å². The fraction of sp³-hybridized carbons (Fsp3) is 0.250. The van der Waals surface area contributed by atoms with Gasteiger partial charge in [0.1, 0.15) is 11.5 Å². The van der Waals surface area contributed by atoms with E-state index in [4.69, 9.17) is 15.2 Å². The van der Waals surface area contributed by atoms with Gasteiger partial charge in [0.25, 0.3) is 0 Å². The summed E-state index contributed by atoms with van der Waals surface area (Å²) in [5, 5.41) is 3.29. The Kier molecular flexibility index (Phi) is 5.33. The van der Waals surface area contributed by atoms with Crippen molar-refractivity contribution in [2.24, 2.45) is 0 Å². The predicted octanol–water partition coefficient (Wildman–Crippen LogP) is 4.57. The minimum Gasteiger partial charge on any atom is -0.495 e. The number of benzene rings is 2. The SMILES string of the molecule is CCCOc1cccc(Nc2cc(Br)ccc2OC)c1N. The Balaban J connectivity index is 2.29. The van der Waals surface area contributed by atoms with E-state index in [9.17, 15) is 0 Å². The summed E-state index contributed by atoms with van der Waals surface area (Å²) in [7, 11) is 1.64. The molecule has 4 nitrogen and oxygen atoms in total. The molecule has 0 spiro atoms. The van der Waals surface area contributed by atoms with Crippen LogP contribution < -0.4 is 20.5 Å². The Labute approximate surface area is 133 Å². The average molecular weight is 351 g/mol. The summed E-state index contributed by atoms with van der Waals surface area (Å²) in [4.78, 5) is 0. The van der Waals surface area contributed by atoms with Crippen LogP contribution in [0, 0.1) is 0 Å². The van der Waals surface area contributed by atoms with E-state index in [1.54, 1.807) is 7.11 Å². The second kappa shape index (κ2) is 7.22. The number of halogens is 1. The van der Waals surface area contributed by atoms with E-state index in [1.807, 2.05) is 36.4 Å². The summed E-state index contributed by atoms with van der Waals surface area (Å²) in [5.74, 6) is 1.44. The Morgan fingerprint density at radius 2 is 1.95 bits per heavy atom. The molecule has 0 unspecified atom stereocenters. The molecule has 0 heterocycles. The normalized spacial score (nSPS) is 10.2. The molecule has 0 aliphatic carbocycles. The third-order valence-corrected chi connectivity index (χ3v) is 3.45. The van der Waals surface area contributed by atoms with Crippen LogP contribution >= 0.6 is 15.9 Å². The summed E-state index contributed by atoms with van der Waals surface area (Å²) in [6.07, 6.45) is 0.941. The second-order valence-corrected chi connectivity index (χ2v) is 5.45. The Morgan fingerprint density at radius 3 is 2.67 bits per heavy atom. The minimum atomic E-state index is 0.591. The molecule has 0 bridgehead atoms. The van der Waals surface area contributed by atoms with E-state index in [-0.39, 0.29) is 0 Å². The number of para-hydroxylation sites is 1. The van der Waals surface area contributed by atoms with Gasteiger partial charge in [-0.2, -0.15) is 0 Å². The van der Waals surface area contributed by atoms with Crippen LogP contribution in [0.3, 0.4) is 0 Å². The summed E-state index contributed by atoms with van der Waals surface area (Å²) in [6.45, 7) is 2.71. The zero-order chi connectivity index (χ0) is 15.2. The van der Waals surface area contributed by atoms with E-state index in [0.29, 0.717) is 18.0 Å². The molecule has 0 aromatic heterocycles. The van der Waals surface area contributed by atoms with Crippen molar-refractivity contribution in [3.8, 4) is 11.5 Å². The number of ether oxygens (including phenoxy) is 2. The molecule has 0 amide bonds. The highest BCUT2D eigenvalue weighted by Crippen LogP contribution is 2.35. The highest BCUT2D eigenvalue weighted by Gasteiger charge is 2.09. The summed E-state index contributed by atoms with van der Waals surface area (Å²) >= 11 is 3.45. The lowest BCUT2D eigenvalue weighted by molar-refractivity contribution is 0.319. The van der Waals surface area contributed by atoms with Crippen LogP contribution in [-0.2, 0) is 0 Å². The van der Waals surface area contributed by atoms with Gasteiger partial charge in [0.15, 0.2) is 0 Å². The van der Waals surface area contributed by atoms with Crippen molar-refractivity contribution in [2.45, 2.75) is 13.3 Å². The molecule has 2 rings (SSSR count). The summed E-state index contributed by atoms with van der Waals surface area (Å²) in [5.41, 5.74) is 8.38. The minimum absolute atomic E-state index is 0.591. The Morgan fingerprint density at radius 1 is 1.14 bits per heavy atom. The average Bonchev–Trinajstić information content (AvgIpc) is 2.48. The molecule has 3 N–H and O–H groups in total. The van der Waals surface area contributed by atoms with Crippen LogP contribution in [0.15, 0.2) is 40.9 Å². The van der Waals surface area contributed by atoms with Gasteiger partial charge in [-0.1, -0.05) is 28.9 Å². The molecule has 0 saturated carbocycles. The first-order valence-electron chi connectivity index (χ1n) is 6.77. The van der Waals surface area contributed by atoms with Gasteiger partial charge in [-0.15, -0.1) is 0 Å². The number of hydrogen-bond donors (Lipinski definition) is 2. The van der Waals surface area contributed by atoms with Crippen molar-refractivity contribution in [1.82, 2.24) is 0 Å². The maximum absolute atomic E-state index is 6.16. The van der Waals surface area contributed by atoms with Crippen LogP contribution in [0.2, 0.25) is 0 Å². The molecule has 21 heavy (non-hydrogen) atoms. The highest BCUT2D eigenvalue weighted by molar-refractivity contribution is 9.10. The number of anilines is 3. The third kappa shape index (κ3) is 3.82. The number of rotatable bonds is 6. The number of nitrogens with one attached hydrogen (secondary N) is 1. The fourth-order valence-corrected chi connectivity index (χ4v) is 2.27. The molecule has 0 saturated heterocycles. The molecule has 0 aliphatic rings. The Hall–Kier alpha value is -1.88. The molecular weight excluding hydrogens is 332 g/mol. The van der Waals surface area contributed by atoms with Crippen LogP contribution in [0.5, 0.6) is 11.5 Å². The Bertz CT molecular complexity index is 617. The van der Waals surface area contributed by atoms with E-state index in [1.165, 1.54) is 0 Å². The number of hydrogen-bond acceptors (Lipinski definition) is 4. The first-order chi connectivity index (χ1) is 10.2. The van der Waals surface area contributed by atoms with Crippen LogP contribution in [-0.4, -0.2) is 13.7 Å². The molecule has 112 valence electrons. The maximum Gasteiger partial charge on any atom is 0.144 e. The van der Waals surface area contributed by atoms with E-state index >= 15 is 0 Å². The largest absolute Gasteiger partial charge is 0.495 e. The van der Waals surface area contributed by atoms with Gasteiger partial charge in [-0.3, -0.25) is 0 Å². The lowest BCUT2D eigenvalue weighted by atomic mass is 10.2. The van der Waals surface area contributed by atoms with Crippen molar-refractivity contribution < 1.29 is 9.47 Å². The van der Waals surface area contributed by atoms with Gasteiger partial charge in [0.05, 0.1) is 30.8 Å². The third-order valence-electron chi connectivity index (χ3n) is 2.96. The lowest BCUT2D eigenvalue weighted by Gasteiger charge is -2.15. The van der Waals surface area contributed by atoms with Crippen molar-refractivity contribution in [1.29, 1.82) is 0 Å². The first-order valence-corrected chi connectivity index (χ1v) is 7.56. The number of nitrogen functional groups attached to an aromatic ring is 1. The smallest absolute Gasteiger partial charge is 0.144 e. The molecule has 2 aromatic rings. The molecule has 0 atom stereocenters. The molecule has 2 aromatic carbocycles. The fourth-order valence-electron chi connectivity index (χ4n) is 1.91. The van der Waals surface area contributed by atoms with Crippen molar-refractivity contribution in [3.63, 3.8) is 0 Å². The van der Waals surface area contributed by atoms with E-state index in [2.05, 4.69) is 28.2 Å². The van der Waals surface area contributed by atoms with Crippen molar-refractivity contribution in [2.75, 3.05) is 24.8 Å². The van der Waals surface area contributed by atoms with Crippen molar-refractivity contribution in [3.05, 3.63) is 40.9 Å². The van der Waals surface area contributed by atoms with Gasteiger partial charge in [-0.05, 0) is 36.8 Å². The number of methoxy groups -OCH3 is 1. The predicted molar refractivity (Wildman–Crippen MR) is 90.6 cm³/mol. The van der Waals surface area contributed by atoms with Crippen LogP contribution in [0.25, 0.3) is 0 Å². The molecule has 0 fully saturated rings.